The Bertz CT molecular complexity index is 275. The van der Waals surface area contributed by atoms with E-state index in [1.165, 1.54) is 6.07 Å². The fraction of sp³-hybridized carbons (Fsp3) is 0.143. The van der Waals surface area contributed by atoms with E-state index in [1.54, 1.807) is 6.07 Å². The number of rotatable bonds is 1. The van der Waals surface area contributed by atoms with Crippen LogP contribution in [-0.4, -0.2) is 5.11 Å². The predicted molar refractivity (Wildman–Crippen MR) is 47.7 cm³/mol. The van der Waals surface area contributed by atoms with E-state index in [2.05, 4.69) is 31.9 Å². The van der Waals surface area contributed by atoms with Gasteiger partial charge in [-0.15, -0.1) is 0 Å². The lowest BCUT2D eigenvalue weighted by Crippen LogP contribution is -1.87. The molecule has 1 nitrogen and oxygen atoms in total. The molecule has 0 radical (unpaired) electrons. The monoisotopic (exact) mass is 282 g/mol. The minimum Gasteiger partial charge on any atom is -0.392 e. The Balaban J connectivity index is 3.21. The maximum absolute atomic E-state index is 12.7. The molecule has 0 heterocycles. The van der Waals surface area contributed by atoms with Crippen LogP contribution in [0.3, 0.4) is 0 Å². The summed E-state index contributed by atoms with van der Waals surface area (Å²) in [7, 11) is 0. The SMILES string of the molecule is OCc1cc(Br)c(F)cc1Br. The number of halogens is 3. The van der Waals surface area contributed by atoms with Crippen LogP contribution in [0, 0.1) is 5.82 Å². The first kappa shape index (κ1) is 9.16. The highest BCUT2D eigenvalue weighted by molar-refractivity contribution is 9.11. The molecule has 0 aliphatic carbocycles. The van der Waals surface area contributed by atoms with E-state index >= 15 is 0 Å². The first-order chi connectivity index (χ1) is 5.15. The van der Waals surface area contributed by atoms with E-state index in [4.69, 9.17) is 5.11 Å². The molecule has 0 aliphatic heterocycles. The van der Waals surface area contributed by atoms with Crippen molar-refractivity contribution in [3.05, 3.63) is 32.5 Å². The molecule has 11 heavy (non-hydrogen) atoms. The second kappa shape index (κ2) is 3.65. The number of hydrogen-bond acceptors (Lipinski definition) is 1. The maximum Gasteiger partial charge on any atom is 0.138 e. The van der Waals surface area contributed by atoms with Gasteiger partial charge in [-0.25, -0.2) is 4.39 Å². The molecule has 0 aromatic heterocycles. The van der Waals surface area contributed by atoms with Gasteiger partial charge in [0, 0.05) is 4.47 Å². The summed E-state index contributed by atoms with van der Waals surface area (Å²) in [4.78, 5) is 0. The number of hydrogen-bond donors (Lipinski definition) is 1. The Labute approximate surface area is 80.5 Å². The molecule has 0 saturated carbocycles. The fourth-order valence-electron chi connectivity index (χ4n) is 0.685. The van der Waals surface area contributed by atoms with Crippen molar-refractivity contribution in [1.29, 1.82) is 0 Å². The summed E-state index contributed by atoms with van der Waals surface area (Å²) in [6.07, 6.45) is 0. The first-order valence-corrected chi connectivity index (χ1v) is 4.48. The molecule has 1 rings (SSSR count). The molecule has 0 unspecified atom stereocenters. The lowest BCUT2D eigenvalue weighted by molar-refractivity contribution is 0.281. The van der Waals surface area contributed by atoms with Crippen molar-refractivity contribution in [3.63, 3.8) is 0 Å². The fourth-order valence-corrected chi connectivity index (χ4v) is 1.52. The van der Waals surface area contributed by atoms with Gasteiger partial charge in [0.2, 0.25) is 0 Å². The predicted octanol–water partition coefficient (Wildman–Crippen LogP) is 2.84. The Morgan fingerprint density at radius 2 is 1.91 bits per heavy atom. The Kier molecular flexibility index (Phi) is 3.04. The summed E-state index contributed by atoms with van der Waals surface area (Å²) < 4.78 is 13.7. The standard InChI is InChI=1S/C7H5Br2FO/c8-5-2-7(10)6(9)1-4(5)3-11/h1-2,11H,3H2. The van der Waals surface area contributed by atoms with Gasteiger partial charge in [0.15, 0.2) is 0 Å². The Morgan fingerprint density at radius 3 is 2.45 bits per heavy atom. The molecule has 1 aromatic carbocycles. The van der Waals surface area contributed by atoms with Crippen LogP contribution in [-0.2, 0) is 6.61 Å². The second-order valence-corrected chi connectivity index (χ2v) is 3.72. The first-order valence-electron chi connectivity index (χ1n) is 2.89. The summed E-state index contributed by atoms with van der Waals surface area (Å²) in [5, 5.41) is 8.76. The second-order valence-electron chi connectivity index (χ2n) is 2.02. The van der Waals surface area contributed by atoms with Crippen LogP contribution in [0.1, 0.15) is 5.56 Å². The molecule has 0 bridgehead atoms. The molecule has 60 valence electrons. The number of aliphatic hydroxyl groups excluding tert-OH is 1. The van der Waals surface area contributed by atoms with Crippen molar-refractivity contribution in [2.45, 2.75) is 6.61 Å². The highest BCUT2D eigenvalue weighted by Gasteiger charge is 2.04. The molecule has 0 saturated heterocycles. The van der Waals surface area contributed by atoms with Crippen LogP contribution >= 0.6 is 31.9 Å². The van der Waals surface area contributed by atoms with Crippen LogP contribution < -0.4 is 0 Å². The van der Waals surface area contributed by atoms with Gasteiger partial charge in [-0.2, -0.15) is 0 Å². The molecular formula is C7H5Br2FO. The molecule has 0 amide bonds. The highest BCUT2D eigenvalue weighted by Crippen LogP contribution is 2.24. The normalized spacial score (nSPS) is 10.2. The Morgan fingerprint density at radius 1 is 1.27 bits per heavy atom. The average Bonchev–Trinajstić information content (AvgIpc) is 1.97. The summed E-state index contributed by atoms with van der Waals surface area (Å²) in [5.41, 5.74) is 0.665. The summed E-state index contributed by atoms with van der Waals surface area (Å²) in [6, 6.07) is 2.86. The van der Waals surface area contributed by atoms with Gasteiger partial charge in [0.1, 0.15) is 5.82 Å². The Hall–Kier alpha value is 0.0700. The zero-order chi connectivity index (χ0) is 8.43. The molecule has 0 aliphatic rings. The summed E-state index contributed by atoms with van der Waals surface area (Å²) >= 11 is 6.13. The molecule has 1 aromatic rings. The van der Waals surface area contributed by atoms with Crippen LogP contribution in [0.5, 0.6) is 0 Å². The van der Waals surface area contributed by atoms with E-state index in [0.29, 0.717) is 14.5 Å². The van der Waals surface area contributed by atoms with Crippen LogP contribution in [0.2, 0.25) is 0 Å². The third kappa shape index (κ3) is 2.01. The van der Waals surface area contributed by atoms with Crippen LogP contribution in [0.4, 0.5) is 4.39 Å². The van der Waals surface area contributed by atoms with Gasteiger partial charge in [-0.1, -0.05) is 15.9 Å². The van der Waals surface area contributed by atoms with Crippen LogP contribution in [0.15, 0.2) is 21.1 Å². The zero-order valence-corrected chi connectivity index (χ0v) is 8.61. The lowest BCUT2D eigenvalue weighted by atomic mass is 10.2. The summed E-state index contributed by atoms with van der Waals surface area (Å²) in [6.45, 7) is -0.0978. The summed E-state index contributed by atoms with van der Waals surface area (Å²) in [5.74, 6) is -0.339. The molecule has 0 fully saturated rings. The average molecular weight is 284 g/mol. The van der Waals surface area contributed by atoms with Gasteiger partial charge in [-0.3, -0.25) is 0 Å². The lowest BCUT2D eigenvalue weighted by Gasteiger charge is -2.01. The van der Waals surface area contributed by atoms with Gasteiger partial charge in [-0.05, 0) is 33.6 Å². The van der Waals surface area contributed by atoms with E-state index in [-0.39, 0.29) is 12.4 Å². The van der Waals surface area contributed by atoms with Crippen molar-refractivity contribution < 1.29 is 9.50 Å². The molecule has 0 spiro atoms. The minimum absolute atomic E-state index is 0.0978. The molecule has 0 atom stereocenters. The molecule has 1 N–H and O–H groups in total. The van der Waals surface area contributed by atoms with E-state index in [1.807, 2.05) is 0 Å². The zero-order valence-electron chi connectivity index (χ0n) is 5.44. The molecular weight excluding hydrogens is 279 g/mol. The smallest absolute Gasteiger partial charge is 0.138 e. The molecule has 4 heteroatoms. The van der Waals surface area contributed by atoms with E-state index < -0.39 is 0 Å². The van der Waals surface area contributed by atoms with Crippen molar-refractivity contribution in [2.75, 3.05) is 0 Å². The van der Waals surface area contributed by atoms with E-state index in [0.717, 1.165) is 0 Å². The topological polar surface area (TPSA) is 20.2 Å². The highest BCUT2D eigenvalue weighted by atomic mass is 79.9. The number of aliphatic hydroxyl groups is 1. The van der Waals surface area contributed by atoms with Crippen molar-refractivity contribution >= 4 is 31.9 Å². The van der Waals surface area contributed by atoms with Crippen molar-refractivity contribution in [1.82, 2.24) is 0 Å². The third-order valence-electron chi connectivity index (χ3n) is 1.26. The van der Waals surface area contributed by atoms with Crippen LogP contribution in [0.25, 0.3) is 0 Å². The van der Waals surface area contributed by atoms with Gasteiger partial charge in [0.25, 0.3) is 0 Å². The largest absolute Gasteiger partial charge is 0.392 e. The maximum atomic E-state index is 12.7. The third-order valence-corrected chi connectivity index (χ3v) is 2.61. The van der Waals surface area contributed by atoms with Gasteiger partial charge in [0.05, 0.1) is 11.1 Å². The van der Waals surface area contributed by atoms with Crippen molar-refractivity contribution in [3.8, 4) is 0 Å². The van der Waals surface area contributed by atoms with E-state index in [9.17, 15) is 4.39 Å². The quantitative estimate of drug-likeness (QED) is 0.786. The minimum atomic E-state index is -0.339. The van der Waals surface area contributed by atoms with Gasteiger partial charge < -0.3 is 5.11 Å². The van der Waals surface area contributed by atoms with Crippen molar-refractivity contribution in [2.24, 2.45) is 0 Å². The van der Waals surface area contributed by atoms with Gasteiger partial charge >= 0.3 is 0 Å². The number of benzene rings is 1.